The first kappa shape index (κ1) is 22.9. The minimum atomic E-state index is -0.282. The molecule has 5 nitrogen and oxygen atoms in total. The number of guanidine groups is 1. The van der Waals surface area contributed by atoms with E-state index in [0.29, 0.717) is 12.3 Å². The van der Waals surface area contributed by atoms with Crippen LogP contribution in [0.3, 0.4) is 0 Å². The second-order valence-electron chi connectivity index (χ2n) is 8.33. The highest BCUT2D eigenvalue weighted by molar-refractivity contribution is 5.97. The Hall–Kier alpha value is -2.82. The van der Waals surface area contributed by atoms with Gasteiger partial charge in [0.1, 0.15) is 0 Å². The van der Waals surface area contributed by atoms with Crippen molar-refractivity contribution in [2.75, 3.05) is 11.9 Å². The van der Waals surface area contributed by atoms with Gasteiger partial charge in [0.25, 0.3) is 0 Å². The maximum Gasteiger partial charge on any atom is 0.219 e. The monoisotopic (exact) mass is 420 g/mol. The van der Waals surface area contributed by atoms with Crippen molar-refractivity contribution in [3.05, 3.63) is 59.7 Å². The van der Waals surface area contributed by atoms with E-state index in [1.165, 1.54) is 37.7 Å². The fourth-order valence-corrected chi connectivity index (χ4v) is 4.50. The third-order valence-electron chi connectivity index (χ3n) is 6.05. The van der Waals surface area contributed by atoms with Gasteiger partial charge in [-0.3, -0.25) is 4.79 Å². The van der Waals surface area contributed by atoms with E-state index in [1.54, 1.807) is 0 Å². The molecule has 2 aliphatic rings. The number of aliphatic imine (C=N–C) groups is 1. The lowest BCUT2D eigenvalue weighted by atomic mass is 9.87. The van der Waals surface area contributed by atoms with Gasteiger partial charge in [-0.2, -0.15) is 0 Å². The number of para-hydroxylation sites is 1. The molecule has 4 rings (SSSR count). The molecule has 1 heterocycles. The molecular formula is C26H36N4O. The van der Waals surface area contributed by atoms with E-state index in [4.69, 9.17) is 10.7 Å². The third-order valence-corrected chi connectivity index (χ3v) is 6.05. The predicted octanol–water partition coefficient (Wildman–Crippen LogP) is 5.93. The maximum absolute atomic E-state index is 12.0. The highest BCUT2D eigenvalue weighted by Crippen LogP contribution is 2.38. The van der Waals surface area contributed by atoms with Crippen LogP contribution in [0, 0.1) is 12.8 Å². The van der Waals surface area contributed by atoms with Crippen LogP contribution in [0.4, 0.5) is 11.4 Å². The molecule has 0 aromatic heterocycles. The van der Waals surface area contributed by atoms with Crippen LogP contribution in [0.5, 0.6) is 0 Å². The van der Waals surface area contributed by atoms with Crippen molar-refractivity contribution in [3.8, 4) is 0 Å². The fourth-order valence-electron chi connectivity index (χ4n) is 4.50. The summed E-state index contributed by atoms with van der Waals surface area (Å²) in [7, 11) is 0. The van der Waals surface area contributed by atoms with Gasteiger partial charge in [0.15, 0.2) is 0 Å². The van der Waals surface area contributed by atoms with Crippen LogP contribution in [-0.2, 0) is 4.79 Å². The van der Waals surface area contributed by atoms with Gasteiger partial charge in [-0.1, -0.05) is 69.0 Å². The van der Waals surface area contributed by atoms with Crippen molar-refractivity contribution >= 4 is 23.2 Å². The Kier molecular flexibility index (Phi) is 8.10. The average molecular weight is 421 g/mol. The number of benzene rings is 2. The van der Waals surface area contributed by atoms with Gasteiger partial charge < -0.3 is 16.0 Å². The van der Waals surface area contributed by atoms with Gasteiger partial charge in [0.2, 0.25) is 11.9 Å². The van der Waals surface area contributed by atoms with Crippen LogP contribution in [0.25, 0.3) is 0 Å². The molecular weight excluding hydrogens is 384 g/mol. The number of anilines is 1. The van der Waals surface area contributed by atoms with Crippen molar-refractivity contribution in [1.29, 1.82) is 0 Å². The summed E-state index contributed by atoms with van der Waals surface area (Å²) in [4.78, 5) is 19.2. The molecule has 1 amide bonds. The zero-order chi connectivity index (χ0) is 22.2. The van der Waals surface area contributed by atoms with Crippen LogP contribution in [0.15, 0.2) is 53.5 Å². The first-order valence-electron chi connectivity index (χ1n) is 11.7. The summed E-state index contributed by atoms with van der Waals surface area (Å²) in [6.07, 6.45) is 6.66. The number of hydrogen-bond acceptors (Lipinski definition) is 4. The first-order chi connectivity index (χ1) is 15.1. The summed E-state index contributed by atoms with van der Waals surface area (Å²) in [5.41, 5.74) is 9.87. The average Bonchev–Trinajstić information content (AvgIpc) is 2.79. The van der Waals surface area contributed by atoms with Gasteiger partial charge >= 0.3 is 0 Å². The normalized spacial score (nSPS) is 18.4. The molecule has 1 aliphatic heterocycles. The zero-order valence-electron chi connectivity index (χ0n) is 19.1. The van der Waals surface area contributed by atoms with E-state index < -0.39 is 0 Å². The molecule has 31 heavy (non-hydrogen) atoms. The van der Waals surface area contributed by atoms with E-state index in [2.05, 4.69) is 47.5 Å². The number of nitrogens with one attached hydrogen (secondary N) is 1. The summed E-state index contributed by atoms with van der Waals surface area (Å²) < 4.78 is 0. The largest absolute Gasteiger partial charge is 0.370 e. The van der Waals surface area contributed by atoms with Crippen LogP contribution in [0.2, 0.25) is 0 Å². The highest BCUT2D eigenvalue weighted by atomic mass is 16.1. The highest BCUT2D eigenvalue weighted by Gasteiger charge is 2.33. The number of amides is 1. The van der Waals surface area contributed by atoms with E-state index in [1.807, 2.05) is 32.0 Å². The lowest BCUT2D eigenvalue weighted by Gasteiger charge is -2.40. The first-order valence-corrected chi connectivity index (χ1v) is 11.7. The molecule has 1 unspecified atom stereocenters. The smallest absolute Gasteiger partial charge is 0.219 e. The Labute approximate surface area is 186 Å². The van der Waals surface area contributed by atoms with Crippen molar-refractivity contribution < 1.29 is 4.79 Å². The van der Waals surface area contributed by atoms with E-state index in [0.717, 1.165) is 29.4 Å². The van der Waals surface area contributed by atoms with Crippen LogP contribution in [-0.4, -0.2) is 23.3 Å². The van der Waals surface area contributed by atoms with Crippen molar-refractivity contribution in [3.63, 3.8) is 0 Å². The molecule has 3 N–H and O–H groups in total. The molecule has 1 saturated carbocycles. The van der Waals surface area contributed by atoms with E-state index in [-0.39, 0.29) is 11.9 Å². The molecule has 0 radical (unpaired) electrons. The van der Waals surface area contributed by atoms with Gasteiger partial charge in [-0.15, -0.1) is 0 Å². The van der Waals surface area contributed by atoms with Crippen molar-refractivity contribution in [2.24, 2.45) is 16.6 Å². The van der Waals surface area contributed by atoms with Gasteiger partial charge in [-0.05, 0) is 43.9 Å². The second-order valence-corrected chi connectivity index (χ2v) is 8.33. The second kappa shape index (κ2) is 11.0. The molecule has 5 heteroatoms. The number of rotatable bonds is 5. The SMILES string of the molecule is CC.Cc1ccc(NC2=Nc3ccccc3C(CC(N)=O)N2CC2CCCCC2)cc1. The number of carbonyl (C=O) groups excluding carboxylic acids is 1. The molecule has 0 spiro atoms. The Morgan fingerprint density at radius 3 is 2.42 bits per heavy atom. The minimum absolute atomic E-state index is 0.0870. The topological polar surface area (TPSA) is 70.7 Å². The molecule has 1 atom stereocenters. The number of nitrogens with zero attached hydrogens (tertiary/aromatic N) is 2. The summed E-state index contributed by atoms with van der Waals surface area (Å²) in [5, 5.41) is 3.52. The quantitative estimate of drug-likeness (QED) is 0.629. The Morgan fingerprint density at radius 2 is 1.74 bits per heavy atom. The van der Waals surface area contributed by atoms with Gasteiger partial charge in [-0.25, -0.2) is 4.99 Å². The number of nitrogens with two attached hydrogens (primary N) is 1. The molecule has 166 valence electrons. The Balaban J connectivity index is 0.00000132. The molecule has 1 fully saturated rings. The molecule has 2 aromatic carbocycles. The van der Waals surface area contributed by atoms with Crippen molar-refractivity contribution in [2.45, 2.75) is 65.3 Å². The lowest BCUT2D eigenvalue weighted by Crippen LogP contribution is -2.45. The summed E-state index contributed by atoms with van der Waals surface area (Å²) in [6, 6.07) is 16.3. The van der Waals surface area contributed by atoms with Crippen molar-refractivity contribution in [1.82, 2.24) is 4.90 Å². The summed E-state index contributed by atoms with van der Waals surface area (Å²) in [6.45, 7) is 6.97. The number of aryl methyl sites for hydroxylation is 1. The molecule has 1 aliphatic carbocycles. The standard InChI is InChI=1S/C24H30N4O.C2H6/c1-17-11-13-19(14-12-17)26-24-27-21-10-6-5-9-20(21)22(15-23(25)29)28(24)16-18-7-3-2-4-8-18;1-2/h5-6,9-14,18,22H,2-4,7-8,15-16H2,1H3,(H2,25,29)(H,26,27);1-2H3. The fraction of sp³-hybridized carbons (Fsp3) is 0.462. The van der Waals surface area contributed by atoms with Gasteiger partial charge in [0, 0.05) is 17.8 Å². The molecule has 2 aromatic rings. The molecule has 0 bridgehead atoms. The predicted molar refractivity (Wildman–Crippen MR) is 130 cm³/mol. The zero-order valence-corrected chi connectivity index (χ0v) is 19.1. The number of fused-ring (bicyclic) bond motifs is 1. The summed E-state index contributed by atoms with van der Waals surface area (Å²) >= 11 is 0. The number of hydrogen-bond donors (Lipinski definition) is 2. The third kappa shape index (κ3) is 5.87. The lowest BCUT2D eigenvalue weighted by molar-refractivity contribution is -0.119. The van der Waals surface area contributed by atoms with Crippen LogP contribution in [0.1, 0.15) is 69.5 Å². The number of carbonyl (C=O) groups is 1. The minimum Gasteiger partial charge on any atom is -0.370 e. The molecule has 0 saturated heterocycles. The summed E-state index contributed by atoms with van der Waals surface area (Å²) in [5.74, 6) is 1.15. The Bertz CT molecular complexity index is 885. The van der Waals surface area contributed by atoms with Crippen LogP contribution >= 0.6 is 0 Å². The Morgan fingerprint density at radius 1 is 1.06 bits per heavy atom. The maximum atomic E-state index is 12.0. The van der Waals surface area contributed by atoms with Gasteiger partial charge in [0.05, 0.1) is 18.2 Å². The van der Waals surface area contributed by atoms with E-state index in [9.17, 15) is 4.79 Å². The number of primary amides is 1. The van der Waals surface area contributed by atoms with E-state index >= 15 is 0 Å². The van der Waals surface area contributed by atoms with Crippen LogP contribution < -0.4 is 11.1 Å².